The molecule has 0 radical (unpaired) electrons. The van der Waals surface area contributed by atoms with Crippen molar-refractivity contribution >= 4 is 29.3 Å². The lowest BCUT2D eigenvalue weighted by atomic mass is 9.81. The zero-order valence-electron chi connectivity index (χ0n) is 29.3. The second kappa shape index (κ2) is 13.5. The van der Waals surface area contributed by atoms with Crippen LogP contribution in [0.3, 0.4) is 0 Å². The Morgan fingerprint density at radius 1 is 1.06 bits per heavy atom. The smallest absolute Gasteiger partial charge is 0.303 e. The van der Waals surface area contributed by atoms with Crippen molar-refractivity contribution < 1.29 is 19.4 Å². The van der Waals surface area contributed by atoms with Gasteiger partial charge in [0.25, 0.3) is 0 Å². The lowest BCUT2D eigenvalue weighted by molar-refractivity contribution is -0.137. The lowest BCUT2D eigenvalue weighted by Gasteiger charge is -2.21. The predicted octanol–water partition coefficient (Wildman–Crippen LogP) is 8.75. The Bertz CT molecular complexity index is 1700. The van der Waals surface area contributed by atoms with Gasteiger partial charge in [-0.05, 0) is 69.7 Å². The summed E-state index contributed by atoms with van der Waals surface area (Å²) in [7, 11) is 0. The molecular formula is C39H52N4O4. The van der Waals surface area contributed by atoms with Gasteiger partial charge in [0, 0.05) is 113 Å². The Balaban J connectivity index is 1.48. The van der Waals surface area contributed by atoms with E-state index in [0.717, 1.165) is 81.7 Å². The largest absolute Gasteiger partial charge is 0.481 e. The molecule has 4 aliphatic rings. The minimum Gasteiger partial charge on any atom is -0.481 e. The molecule has 0 saturated carbocycles. The number of aliphatic carboxylic acids is 1. The molecule has 2 aromatic rings. The SMILES string of the molecule is CCCCCCOC(C)c1c2[nH]c(c1C)C=C1N=C(C3CC(=O)c4c3[nH]c(c4C)CC3=NC(=C(C)C3CC)C2)[C@@H](CCC(=O)O)C1C. The normalized spacial score (nSPS) is 24.1. The summed E-state index contributed by atoms with van der Waals surface area (Å²) in [6.07, 6.45) is 10.0. The number of carboxylic acid groups (broad SMARTS) is 1. The van der Waals surface area contributed by atoms with Gasteiger partial charge < -0.3 is 19.8 Å². The molecule has 1 aliphatic carbocycles. The predicted molar refractivity (Wildman–Crippen MR) is 188 cm³/mol. The van der Waals surface area contributed by atoms with Crippen LogP contribution in [-0.2, 0) is 22.4 Å². The highest BCUT2D eigenvalue weighted by Crippen LogP contribution is 2.46. The van der Waals surface area contributed by atoms with Crippen LogP contribution in [0.5, 0.6) is 0 Å². The van der Waals surface area contributed by atoms with Gasteiger partial charge >= 0.3 is 5.97 Å². The number of aromatic nitrogens is 2. The number of nitrogens with zero attached hydrogens (tertiary/aromatic N) is 2. The molecule has 8 bridgehead atoms. The molecule has 2 aromatic heterocycles. The maximum Gasteiger partial charge on any atom is 0.303 e. The molecule has 47 heavy (non-hydrogen) atoms. The number of aromatic amines is 2. The number of ketones is 1. The van der Waals surface area contributed by atoms with Gasteiger partial charge in [-0.25, -0.2) is 0 Å². The highest BCUT2D eigenvalue weighted by molar-refractivity contribution is 6.11. The van der Waals surface area contributed by atoms with Gasteiger partial charge in [-0.3, -0.25) is 19.6 Å². The lowest BCUT2D eigenvalue weighted by Crippen LogP contribution is -2.23. The number of Topliss-reactive ketones (excluding diaryl/α,β-unsaturated/α-hetero) is 1. The number of H-pyrrole nitrogens is 2. The Morgan fingerprint density at radius 3 is 2.57 bits per heavy atom. The fourth-order valence-corrected chi connectivity index (χ4v) is 8.66. The van der Waals surface area contributed by atoms with E-state index in [1.165, 1.54) is 30.4 Å². The molecule has 0 amide bonds. The minimum atomic E-state index is -0.808. The second-order valence-electron chi connectivity index (χ2n) is 14.3. The summed E-state index contributed by atoms with van der Waals surface area (Å²) in [5.74, 6) is -0.610. The molecule has 3 N–H and O–H groups in total. The summed E-state index contributed by atoms with van der Waals surface area (Å²) >= 11 is 0. The number of carbonyl (C=O) groups is 2. The summed E-state index contributed by atoms with van der Waals surface area (Å²) in [6, 6.07) is 0. The third-order valence-corrected chi connectivity index (χ3v) is 11.4. The number of nitrogens with one attached hydrogen (secondary N) is 2. The van der Waals surface area contributed by atoms with Crippen LogP contribution >= 0.6 is 0 Å². The maximum absolute atomic E-state index is 13.6. The van der Waals surface area contributed by atoms with Crippen LogP contribution in [0.15, 0.2) is 27.0 Å². The number of unbranched alkanes of at least 4 members (excludes halogenated alkanes) is 3. The molecule has 252 valence electrons. The van der Waals surface area contributed by atoms with Gasteiger partial charge in [0.2, 0.25) is 0 Å². The van der Waals surface area contributed by atoms with Gasteiger partial charge in [-0.15, -0.1) is 0 Å². The summed E-state index contributed by atoms with van der Waals surface area (Å²) in [4.78, 5) is 43.4. The monoisotopic (exact) mass is 640 g/mol. The molecule has 0 spiro atoms. The molecule has 0 aromatic carbocycles. The van der Waals surface area contributed by atoms with E-state index in [-0.39, 0.29) is 42.0 Å². The Kier molecular flexibility index (Phi) is 9.62. The van der Waals surface area contributed by atoms with Crippen molar-refractivity contribution in [1.82, 2.24) is 9.97 Å². The molecule has 0 fully saturated rings. The highest BCUT2D eigenvalue weighted by atomic mass is 16.5. The molecule has 8 nitrogen and oxygen atoms in total. The van der Waals surface area contributed by atoms with Gasteiger partial charge in [0.15, 0.2) is 5.78 Å². The van der Waals surface area contributed by atoms with Crippen molar-refractivity contribution in [3.63, 3.8) is 0 Å². The zero-order valence-corrected chi connectivity index (χ0v) is 29.3. The van der Waals surface area contributed by atoms with Crippen molar-refractivity contribution in [3.05, 3.63) is 62.0 Å². The van der Waals surface area contributed by atoms with Gasteiger partial charge in [-0.1, -0.05) is 40.0 Å². The van der Waals surface area contributed by atoms with E-state index >= 15 is 0 Å². The minimum absolute atomic E-state index is 0.0217. The fraction of sp³-hybridized carbons (Fsp3) is 0.590. The maximum atomic E-state index is 13.6. The molecule has 5 heterocycles. The molecule has 6 rings (SSSR count). The number of aliphatic imine (C=N–C) groups is 2. The standard InChI is InChI=1S/C39H52N4O4/c1-8-10-11-12-15-47-24(7)36-22(5)30-17-29-21(4)26(13-14-35(45)46)38(42-29)27-16-34(44)37-23(6)31(43-39(27)37)18-32-25(9-2)20(3)28(40-32)19-33(36)41-30/h17,21,24-27,41,43H,8-16,18-19H2,1-7H3,(H,45,46)/t21?,24?,25?,26-,27?/m0/s1. The van der Waals surface area contributed by atoms with Crippen molar-refractivity contribution in [3.8, 4) is 0 Å². The van der Waals surface area contributed by atoms with Gasteiger partial charge in [0.1, 0.15) is 0 Å². The third kappa shape index (κ3) is 6.14. The van der Waals surface area contributed by atoms with E-state index in [0.29, 0.717) is 25.7 Å². The molecule has 0 saturated heterocycles. The number of rotatable bonds is 11. The van der Waals surface area contributed by atoms with Crippen LogP contribution in [0.4, 0.5) is 0 Å². The zero-order chi connectivity index (χ0) is 33.6. The molecular weight excluding hydrogens is 588 g/mol. The first-order valence-electron chi connectivity index (χ1n) is 17.9. The number of carbonyl (C=O) groups excluding carboxylic acids is 1. The third-order valence-electron chi connectivity index (χ3n) is 11.4. The molecule has 4 unspecified atom stereocenters. The van der Waals surface area contributed by atoms with E-state index < -0.39 is 5.97 Å². The Labute approximate surface area is 279 Å². The van der Waals surface area contributed by atoms with E-state index in [4.69, 9.17) is 14.7 Å². The number of hydrogen-bond acceptors (Lipinski definition) is 5. The average Bonchev–Trinajstić information content (AvgIpc) is 3.78. The number of carboxylic acids is 1. The van der Waals surface area contributed by atoms with Crippen LogP contribution in [0.25, 0.3) is 6.08 Å². The second-order valence-corrected chi connectivity index (χ2v) is 14.3. The highest BCUT2D eigenvalue weighted by Gasteiger charge is 2.44. The first kappa shape index (κ1) is 33.4. The van der Waals surface area contributed by atoms with Crippen molar-refractivity contribution in [2.24, 2.45) is 27.7 Å². The van der Waals surface area contributed by atoms with Crippen LogP contribution in [-0.4, -0.2) is 44.9 Å². The topological polar surface area (TPSA) is 120 Å². The van der Waals surface area contributed by atoms with Gasteiger partial charge in [0.05, 0.1) is 6.10 Å². The van der Waals surface area contributed by atoms with E-state index in [2.05, 4.69) is 64.5 Å². The van der Waals surface area contributed by atoms with Crippen LogP contribution < -0.4 is 0 Å². The first-order chi connectivity index (χ1) is 22.5. The Morgan fingerprint density at radius 2 is 1.85 bits per heavy atom. The van der Waals surface area contributed by atoms with Crippen molar-refractivity contribution in [1.29, 1.82) is 0 Å². The first-order valence-corrected chi connectivity index (χ1v) is 17.9. The van der Waals surface area contributed by atoms with Gasteiger partial charge in [-0.2, -0.15) is 0 Å². The van der Waals surface area contributed by atoms with E-state index in [9.17, 15) is 14.7 Å². The molecule has 3 aliphatic heterocycles. The number of ether oxygens (including phenoxy) is 1. The van der Waals surface area contributed by atoms with Crippen LogP contribution in [0, 0.1) is 31.6 Å². The van der Waals surface area contributed by atoms with Crippen LogP contribution in [0.1, 0.15) is 148 Å². The average molecular weight is 641 g/mol. The van der Waals surface area contributed by atoms with Crippen molar-refractivity contribution in [2.75, 3.05) is 6.61 Å². The number of hydrogen-bond donors (Lipinski definition) is 3. The summed E-state index contributed by atoms with van der Waals surface area (Å²) in [5, 5.41) is 9.64. The molecule has 8 heteroatoms. The van der Waals surface area contributed by atoms with E-state index in [1.54, 1.807) is 0 Å². The summed E-state index contributed by atoms with van der Waals surface area (Å²) in [6.45, 7) is 16.0. The summed E-state index contributed by atoms with van der Waals surface area (Å²) < 4.78 is 6.47. The number of allylic oxidation sites excluding steroid dienone is 3. The van der Waals surface area contributed by atoms with Crippen LogP contribution in [0.2, 0.25) is 0 Å². The molecule has 5 atom stereocenters. The Hall–Kier alpha value is -3.52. The van der Waals surface area contributed by atoms with Crippen molar-refractivity contribution in [2.45, 2.75) is 125 Å². The van der Waals surface area contributed by atoms with E-state index in [1.807, 2.05) is 0 Å². The summed E-state index contributed by atoms with van der Waals surface area (Å²) in [5.41, 5.74) is 13.8. The number of fused-ring (bicyclic) bond motifs is 6. The fourth-order valence-electron chi connectivity index (χ4n) is 8.66. The quantitative estimate of drug-likeness (QED) is 0.213.